The summed E-state index contributed by atoms with van der Waals surface area (Å²) in [4.78, 5) is 12.0. The number of nitrogens with one attached hydrogen (secondary N) is 1. The lowest BCUT2D eigenvalue weighted by Crippen LogP contribution is -2.24. The van der Waals surface area contributed by atoms with Crippen LogP contribution in [0.2, 0.25) is 10.0 Å². The molecule has 3 aromatic rings. The molecule has 3 rings (SSSR count). The molecule has 9 heteroatoms. The Hall–Kier alpha value is -3.42. The number of benzene rings is 3. The van der Waals surface area contributed by atoms with E-state index in [2.05, 4.69) is 10.5 Å². The first-order valence-corrected chi connectivity index (χ1v) is 11.2. The van der Waals surface area contributed by atoms with E-state index >= 15 is 0 Å². The molecule has 0 unspecified atom stereocenters. The van der Waals surface area contributed by atoms with Gasteiger partial charge >= 0.3 is 0 Å². The Morgan fingerprint density at radius 3 is 2.26 bits per heavy atom. The normalized spacial score (nSPS) is 10.7. The molecular weight excluding hydrogens is 479 g/mol. The lowest BCUT2D eigenvalue weighted by Gasteiger charge is -2.13. The van der Waals surface area contributed by atoms with Crippen LogP contribution in [-0.2, 0) is 11.4 Å². The molecule has 1 N–H and O–H groups in total. The molecule has 7 nitrogen and oxygen atoms in total. The average Bonchev–Trinajstić information content (AvgIpc) is 2.84. The van der Waals surface area contributed by atoms with E-state index in [4.69, 9.17) is 42.1 Å². The molecule has 3 aromatic carbocycles. The van der Waals surface area contributed by atoms with Gasteiger partial charge < -0.3 is 18.9 Å². The summed E-state index contributed by atoms with van der Waals surface area (Å²) < 4.78 is 22.0. The van der Waals surface area contributed by atoms with E-state index in [-0.39, 0.29) is 13.2 Å². The predicted molar refractivity (Wildman–Crippen MR) is 133 cm³/mol. The lowest BCUT2D eigenvalue weighted by atomic mass is 10.2. The molecule has 0 radical (unpaired) electrons. The van der Waals surface area contributed by atoms with Crippen molar-refractivity contribution >= 4 is 35.3 Å². The van der Waals surface area contributed by atoms with E-state index in [1.807, 2.05) is 6.92 Å². The van der Waals surface area contributed by atoms with Crippen molar-refractivity contribution in [2.45, 2.75) is 13.5 Å². The van der Waals surface area contributed by atoms with Crippen LogP contribution in [0, 0.1) is 0 Å². The van der Waals surface area contributed by atoms with E-state index in [0.717, 1.165) is 5.75 Å². The fourth-order valence-corrected chi connectivity index (χ4v) is 3.37. The van der Waals surface area contributed by atoms with Crippen molar-refractivity contribution in [3.05, 3.63) is 81.8 Å². The van der Waals surface area contributed by atoms with Crippen LogP contribution in [0.4, 0.5) is 0 Å². The third kappa shape index (κ3) is 7.30. The topological polar surface area (TPSA) is 78.4 Å². The minimum absolute atomic E-state index is 0.175. The number of methoxy groups -OCH3 is 1. The van der Waals surface area contributed by atoms with Crippen molar-refractivity contribution in [2.24, 2.45) is 5.10 Å². The summed E-state index contributed by atoms with van der Waals surface area (Å²) in [6.07, 6.45) is 1.49. The number of amides is 1. The van der Waals surface area contributed by atoms with Gasteiger partial charge in [-0.25, -0.2) is 5.43 Å². The molecule has 0 aliphatic heterocycles. The van der Waals surface area contributed by atoms with E-state index in [1.54, 1.807) is 60.7 Å². The van der Waals surface area contributed by atoms with Crippen LogP contribution in [-0.4, -0.2) is 32.4 Å². The van der Waals surface area contributed by atoms with Crippen LogP contribution in [0.15, 0.2) is 65.8 Å². The van der Waals surface area contributed by atoms with Crippen LogP contribution < -0.4 is 24.4 Å². The van der Waals surface area contributed by atoms with E-state index in [0.29, 0.717) is 45.0 Å². The molecule has 0 atom stereocenters. The summed E-state index contributed by atoms with van der Waals surface area (Å²) in [6, 6.07) is 17.5. The smallest absolute Gasteiger partial charge is 0.277 e. The highest BCUT2D eigenvalue weighted by Gasteiger charge is 2.10. The monoisotopic (exact) mass is 502 g/mol. The zero-order chi connectivity index (χ0) is 24.3. The average molecular weight is 503 g/mol. The summed E-state index contributed by atoms with van der Waals surface area (Å²) in [6.45, 7) is 2.50. The number of hydrogen-bond donors (Lipinski definition) is 1. The number of ether oxygens (including phenoxy) is 4. The number of carbonyl (C=O) groups excluding carboxylic acids is 1. The summed E-state index contributed by atoms with van der Waals surface area (Å²) in [5.41, 5.74) is 3.81. The van der Waals surface area contributed by atoms with Gasteiger partial charge in [-0.05, 0) is 67.1 Å². The van der Waals surface area contributed by atoms with Gasteiger partial charge in [0.05, 0.1) is 19.9 Å². The number of nitrogens with zero attached hydrogens (tertiary/aromatic N) is 1. The van der Waals surface area contributed by atoms with Crippen LogP contribution >= 0.6 is 23.2 Å². The summed E-state index contributed by atoms with van der Waals surface area (Å²) >= 11 is 12.4. The van der Waals surface area contributed by atoms with Crippen LogP contribution in [0.1, 0.15) is 18.1 Å². The first-order valence-electron chi connectivity index (χ1n) is 10.4. The second kappa shape index (κ2) is 12.7. The highest BCUT2D eigenvalue weighted by atomic mass is 35.5. The fraction of sp³-hybridized carbons (Fsp3) is 0.200. The number of hydrogen-bond acceptors (Lipinski definition) is 6. The molecule has 0 saturated heterocycles. The minimum atomic E-state index is -0.395. The fourth-order valence-electron chi connectivity index (χ4n) is 2.86. The molecule has 34 heavy (non-hydrogen) atoms. The maximum Gasteiger partial charge on any atom is 0.277 e. The molecule has 0 fully saturated rings. The van der Waals surface area contributed by atoms with E-state index in [1.165, 1.54) is 13.3 Å². The molecule has 0 heterocycles. The molecule has 0 aromatic heterocycles. The molecule has 0 bridgehead atoms. The van der Waals surface area contributed by atoms with Gasteiger partial charge in [-0.3, -0.25) is 4.79 Å². The number of rotatable bonds is 11. The summed E-state index contributed by atoms with van der Waals surface area (Å²) in [5.74, 6) is 1.92. The van der Waals surface area contributed by atoms with Gasteiger partial charge in [-0.15, -0.1) is 0 Å². The Morgan fingerprint density at radius 1 is 0.941 bits per heavy atom. The highest BCUT2D eigenvalue weighted by Crippen LogP contribution is 2.31. The highest BCUT2D eigenvalue weighted by molar-refractivity contribution is 6.35. The van der Waals surface area contributed by atoms with Gasteiger partial charge in [-0.2, -0.15) is 5.10 Å². The van der Waals surface area contributed by atoms with E-state index in [9.17, 15) is 4.79 Å². The minimum Gasteiger partial charge on any atom is -0.494 e. The van der Waals surface area contributed by atoms with Crippen molar-refractivity contribution in [1.29, 1.82) is 0 Å². The first-order chi connectivity index (χ1) is 16.5. The van der Waals surface area contributed by atoms with Crippen LogP contribution in [0.5, 0.6) is 23.0 Å². The van der Waals surface area contributed by atoms with Gasteiger partial charge in [0.25, 0.3) is 5.91 Å². The SMILES string of the molecule is CCOc1ccc(OCC(=O)N/N=C/c2ccc(OCc3c(Cl)cccc3Cl)c(OC)c2)cc1. The Balaban J connectivity index is 1.51. The molecule has 0 spiro atoms. The van der Waals surface area contributed by atoms with Gasteiger partial charge in [0.2, 0.25) is 0 Å². The molecule has 0 saturated carbocycles. The van der Waals surface area contributed by atoms with Crippen molar-refractivity contribution in [3.63, 3.8) is 0 Å². The predicted octanol–water partition coefficient (Wildman–Crippen LogP) is 5.51. The number of carbonyl (C=O) groups is 1. The largest absolute Gasteiger partial charge is 0.494 e. The third-order valence-electron chi connectivity index (χ3n) is 4.53. The van der Waals surface area contributed by atoms with E-state index < -0.39 is 5.91 Å². The summed E-state index contributed by atoms with van der Waals surface area (Å²) in [5, 5.41) is 5.01. The maximum atomic E-state index is 12.0. The molecule has 1 amide bonds. The number of halogens is 2. The molecule has 0 aliphatic rings. The van der Waals surface area contributed by atoms with Crippen molar-refractivity contribution in [2.75, 3.05) is 20.3 Å². The Labute approximate surface area is 208 Å². The second-order valence-electron chi connectivity index (χ2n) is 6.89. The zero-order valence-corrected chi connectivity index (χ0v) is 20.2. The Kier molecular flexibility index (Phi) is 9.43. The van der Waals surface area contributed by atoms with Crippen LogP contribution in [0.25, 0.3) is 0 Å². The Bertz CT molecular complexity index is 1120. The van der Waals surface area contributed by atoms with Gasteiger partial charge in [0.15, 0.2) is 18.1 Å². The summed E-state index contributed by atoms with van der Waals surface area (Å²) in [7, 11) is 1.53. The molecule has 0 aliphatic carbocycles. The standard InChI is InChI=1S/C25H24Cl2N2O5/c1-3-32-18-8-10-19(11-9-18)33-16-25(30)29-28-14-17-7-12-23(24(13-17)31-2)34-15-20-21(26)5-4-6-22(20)27/h4-14H,3,15-16H2,1-2H3,(H,29,30)/b28-14+. The Morgan fingerprint density at radius 2 is 1.62 bits per heavy atom. The van der Waals surface area contributed by atoms with Gasteiger partial charge in [0, 0.05) is 15.6 Å². The quantitative estimate of drug-likeness (QED) is 0.276. The van der Waals surface area contributed by atoms with Crippen molar-refractivity contribution in [3.8, 4) is 23.0 Å². The number of hydrazone groups is 1. The first kappa shape index (κ1) is 25.2. The maximum absolute atomic E-state index is 12.0. The van der Waals surface area contributed by atoms with Crippen molar-refractivity contribution in [1.82, 2.24) is 5.43 Å². The third-order valence-corrected chi connectivity index (χ3v) is 5.24. The van der Waals surface area contributed by atoms with Gasteiger partial charge in [-0.1, -0.05) is 29.3 Å². The van der Waals surface area contributed by atoms with Crippen LogP contribution in [0.3, 0.4) is 0 Å². The van der Waals surface area contributed by atoms with Gasteiger partial charge in [0.1, 0.15) is 18.1 Å². The zero-order valence-electron chi connectivity index (χ0n) is 18.7. The van der Waals surface area contributed by atoms with Crippen molar-refractivity contribution < 1.29 is 23.7 Å². The molecule has 178 valence electrons. The molecular formula is C25H24Cl2N2O5. The second-order valence-corrected chi connectivity index (χ2v) is 7.70. The lowest BCUT2D eigenvalue weighted by molar-refractivity contribution is -0.123.